The minimum Gasteiger partial charge on any atom is -0.462 e. The Labute approximate surface area is 488 Å². The standard InChI is InChI=1S/C73H122O6/c1-4-7-10-13-16-19-22-25-27-29-30-31-32-33-34-35-36-37-38-39-40-41-42-44-45-48-51-54-57-60-63-66-72(75)78-69-70(68-77-71(74)65-62-59-56-53-50-47-24-21-18-15-12-9-6-3)79-73(76)67-64-61-58-55-52-49-46-43-28-26-23-20-17-14-11-8-5-2/h7-12,16-21,25-28,30-31,47,50,70H,4-6,13-15,22-24,29,32-46,48-49,51-69H2,1-3H3/b10-7-,11-8-,12-9-,19-16-,20-17-,21-18-,27-25-,28-26-,31-30-,50-47-. The molecule has 0 rings (SSSR count). The van der Waals surface area contributed by atoms with E-state index in [0.717, 1.165) is 135 Å². The first-order valence-electron chi connectivity index (χ1n) is 33.0. The van der Waals surface area contributed by atoms with Gasteiger partial charge in [0.1, 0.15) is 13.2 Å². The van der Waals surface area contributed by atoms with Crippen LogP contribution in [0.5, 0.6) is 0 Å². The Morgan fingerprint density at radius 3 is 0.722 bits per heavy atom. The summed E-state index contributed by atoms with van der Waals surface area (Å²) >= 11 is 0. The number of carbonyl (C=O) groups excluding carboxylic acids is 3. The lowest BCUT2D eigenvalue weighted by Gasteiger charge is -2.18. The Morgan fingerprint density at radius 1 is 0.253 bits per heavy atom. The summed E-state index contributed by atoms with van der Waals surface area (Å²) in [5, 5.41) is 0. The number of ether oxygens (including phenoxy) is 3. The van der Waals surface area contributed by atoms with Crippen molar-refractivity contribution in [2.45, 2.75) is 309 Å². The van der Waals surface area contributed by atoms with Gasteiger partial charge in [0.05, 0.1) is 0 Å². The quantitative estimate of drug-likeness (QED) is 0.0261. The van der Waals surface area contributed by atoms with E-state index in [1.165, 1.54) is 128 Å². The van der Waals surface area contributed by atoms with Crippen molar-refractivity contribution in [1.29, 1.82) is 0 Å². The zero-order chi connectivity index (χ0) is 57.1. The monoisotopic (exact) mass is 1090 g/mol. The van der Waals surface area contributed by atoms with Gasteiger partial charge in [-0.05, 0) is 122 Å². The first-order chi connectivity index (χ1) is 39.0. The van der Waals surface area contributed by atoms with Crippen LogP contribution in [-0.2, 0) is 28.6 Å². The lowest BCUT2D eigenvalue weighted by molar-refractivity contribution is -0.167. The van der Waals surface area contributed by atoms with E-state index in [2.05, 4.69) is 142 Å². The number of allylic oxidation sites excluding steroid dienone is 20. The van der Waals surface area contributed by atoms with Crippen molar-refractivity contribution in [2.24, 2.45) is 0 Å². The SMILES string of the molecule is CC/C=C\C/C=C\C/C=C\C/C=C\CCCCCCCCCCCCCCCCCCCCC(=O)OCC(COC(=O)CCCCC/C=C\C/C=C\C/C=C\CC)OC(=O)CCCCCCCCC/C=C\C/C=C\C/C=C\CC. The van der Waals surface area contributed by atoms with Crippen molar-refractivity contribution in [2.75, 3.05) is 13.2 Å². The molecular formula is C73H122O6. The summed E-state index contributed by atoms with van der Waals surface area (Å²) in [6.45, 7) is 6.29. The van der Waals surface area contributed by atoms with E-state index in [0.29, 0.717) is 19.3 Å². The molecule has 0 aliphatic carbocycles. The number of hydrogen-bond acceptors (Lipinski definition) is 6. The molecular weight excluding hydrogens is 973 g/mol. The summed E-state index contributed by atoms with van der Waals surface area (Å²) in [5.41, 5.74) is 0. The van der Waals surface area contributed by atoms with Crippen LogP contribution in [0.15, 0.2) is 122 Å². The van der Waals surface area contributed by atoms with Crippen molar-refractivity contribution in [3.05, 3.63) is 122 Å². The van der Waals surface area contributed by atoms with E-state index in [1.807, 2.05) is 0 Å². The molecule has 6 nitrogen and oxygen atoms in total. The van der Waals surface area contributed by atoms with Crippen molar-refractivity contribution in [3.8, 4) is 0 Å². The zero-order valence-electron chi connectivity index (χ0n) is 51.6. The van der Waals surface area contributed by atoms with Gasteiger partial charge in [-0.3, -0.25) is 14.4 Å². The van der Waals surface area contributed by atoms with Gasteiger partial charge in [-0.25, -0.2) is 0 Å². The topological polar surface area (TPSA) is 78.9 Å². The average molecular weight is 1100 g/mol. The maximum Gasteiger partial charge on any atom is 0.306 e. The third kappa shape index (κ3) is 64.5. The normalized spacial score (nSPS) is 12.9. The van der Waals surface area contributed by atoms with Crippen LogP contribution in [0.2, 0.25) is 0 Å². The Bertz CT molecular complexity index is 1640. The number of unbranched alkanes of at least 4 members (excludes halogenated alkanes) is 28. The van der Waals surface area contributed by atoms with Crippen LogP contribution in [0.1, 0.15) is 303 Å². The molecule has 0 aliphatic heterocycles. The van der Waals surface area contributed by atoms with Crippen LogP contribution in [0.25, 0.3) is 0 Å². The predicted octanol–water partition coefficient (Wildman–Crippen LogP) is 22.8. The molecule has 1 unspecified atom stereocenters. The Balaban J connectivity index is 4.22. The average Bonchev–Trinajstić information content (AvgIpc) is 3.45. The molecule has 450 valence electrons. The largest absolute Gasteiger partial charge is 0.462 e. The van der Waals surface area contributed by atoms with Crippen LogP contribution in [-0.4, -0.2) is 37.2 Å². The van der Waals surface area contributed by atoms with E-state index in [4.69, 9.17) is 14.2 Å². The Hall–Kier alpha value is -4.19. The third-order valence-corrected chi connectivity index (χ3v) is 13.9. The number of rotatable bonds is 59. The van der Waals surface area contributed by atoms with Crippen LogP contribution in [0, 0.1) is 0 Å². The highest BCUT2D eigenvalue weighted by Crippen LogP contribution is 2.17. The number of carbonyl (C=O) groups is 3. The molecule has 0 saturated carbocycles. The molecule has 1 atom stereocenters. The maximum atomic E-state index is 12.9. The molecule has 79 heavy (non-hydrogen) atoms. The summed E-state index contributed by atoms with van der Waals surface area (Å²) in [6.07, 6.45) is 92.3. The summed E-state index contributed by atoms with van der Waals surface area (Å²) in [5.74, 6) is -0.925. The lowest BCUT2D eigenvalue weighted by atomic mass is 10.0. The van der Waals surface area contributed by atoms with E-state index >= 15 is 0 Å². The summed E-state index contributed by atoms with van der Waals surface area (Å²) in [4.78, 5) is 38.3. The fraction of sp³-hybridized carbons (Fsp3) is 0.685. The van der Waals surface area contributed by atoms with Gasteiger partial charge in [-0.15, -0.1) is 0 Å². The highest BCUT2D eigenvalue weighted by Gasteiger charge is 2.19. The number of esters is 3. The second-order valence-electron chi connectivity index (χ2n) is 21.6. The van der Waals surface area contributed by atoms with Gasteiger partial charge in [0, 0.05) is 19.3 Å². The predicted molar refractivity (Wildman–Crippen MR) is 343 cm³/mol. The highest BCUT2D eigenvalue weighted by atomic mass is 16.6. The fourth-order valence-corrected chi connectivity index (χ4v) is 9.11. The van der Waals surface area contributed by atoms with E-state index < -0.39 is 6.10 Å². The van der Waals surface area contributed by atoms with Crippen LogP contribution >= 0.6 is 0 Å². The molecule has 6 heteroatoms. The molecule has 0 N–H and O–H groups in total. The highest BCUT2D eigenvalue weighted by molar-refractivity contribution is 5.71. The van der Waals surface area contributed by atoms with E-state index in [1.54, 1.807) is 0 Å². The second-order valence-corrected chi connectivity index (χ2v) is 21.6. The van der Waals surface area contributed by atoms with Crippen molar-refractivity contribution in [3.63, 3.8) is 0 Å². The zero-order valence-corrected chi connectivity index (χ0v) is 51.6. The van der Waals surface area contributed by atoms with Gasteiger partial charge >= 0.3 is 17.9 Å². The van der Waals surface area contributed by atoms with Gasteiger partial charge in [-0.1, -0.05) is 284 Å². The molecule has 0 radical (unpaired) electrons. The number of hydrogen-bond donors (Lipinski definition) is 0. The fourth-order valence-electron chi connectivity index (χ4n) is 9.11. The van der Waals surface area contributed by atoms with Crippen LogP contribution in [0.4, 0.5) is 0 Å². The van der Waals surface area contributed by atoms with Crippen LogP contribution in [0.3, 0.4) is 0 Å². The molecule has 0 fully saturated rings. The first-order valence-corrected chi connectivity index (χ1v) is 33.0. The smallest absolute Gasteiger partial charge is 0.306 e. The molecule has 0 spiro atoms. The first kappa shape index (κ1) is 74.8. The Morgan fingerprint density at radius 2 is 0.456 bits per heavy atom. The van der Waals surface area contributed by atoms with Gasteiger partial charge in [0.15, 0.2) is 6.10 Å². The van der Waals surface area contributed by atoms with Crippen LogP contribution < -0.4 is 0 Å². The molecule has 0 saturated heterocycles. The molecule has 0 aromatic heterocycles. The minimum absolute atomic E-state index is 0.0913. The minimum atomic E-state index is -0.798. The van der Waals surface area contributed by atoms with E-state index in [-0.39, 0.29) is 31.1 Å². The molecule has 0 aromatic rings. The van der Waals surface area contributed by atoms with Crippen molar-refractivity contribution >= 4 is 17.9 Å². The second kappa shape index (κ2) is 66.3. The molecule has 0 aliphatic rings. The molecule has 0 amide bonds. The van der Waals surface area contributed by atoms with Gasteiger partial charge < -0.3 is 14.2 Å². The van der Waals surface area contributed by atoms with Gasteiger partial charge in [0.25, 0.3) is 0 Å². The third-order valence-electron chi connectivity index (χ3n) is 13.9. The summed E-state index contributed by atoms with van der Waals surface area (Å²) < 4.78 is 16.9. The van der Waals surface area contributed by atoms with E-state index in [9.17, 15) is 14.4 Å². The van der Waals surface area contributed by atoms with Gasteiger partial charge in [-0.2, -0.15) is 0 Å². The Kier molecular flexibility index (Phi) is 62.8. The lowest BCUT2D eigenvalue weighted by Crippen LogP contribution is -2.30. The van der Waals surface area contributed by atoms with Crippen molar-refractivity contribution < 1.29 is 28.6 Å². The van der Waals surface area contributed by atoms with Crippen molar-refractivity contribution in [1.82, 2.24) is 0 Å². The summed E-state index contributed by atoms with van der Waals surface area (Å²) in [7, 11) is 0. The molecule has 0 heterocycles. The van der Waals surface area contributed by atoms with Gasteiger partial charge in [0.2, 0.25) is 0 Å². The maximum absolute atomic E-state index is 12.9. The molecule has 0 bridgehead atoms. The molecule has 0 aromatic carbocycles. The summed E-state index contributed by atoms with van der Waals surface area (Å²) in [6, 6.07) is 0.